The maximum atomic E-state index is 11.7. The lowest BCUT2D eigenvalue weighted by molar-refractivity contribution is -0.454. The number of ether oxygens (including phenoxy) is 1. The highest BCUT2D eigenvalue weighted by Gasteiger charge is 2.45. The van der Waals surface area contributed by atoms with Gasteiger partial charge in [-0.2, -0.15) is 4.58 Å². The van der Waals surface area contributed by atoms with Gasteiger partial charge >= 0.3 is 5.97 Å². The van der Waals surface area contributed by atoms with Crippen molar-refractivity contribution in [2.24, 2.45) is 0 Å². The fourth-order valence-corrected chi connectivity index (χ4v) is 7.15. The molecule has 232 valence electrons. The Labute approximate surface area is 269 Å². The van der Waals surface area contributed by atoms with Crippen LogP contribution < -0.4 is 4.90 Å². The van der Waals surface area contributed by atoms with Gasteiger partial charge in [-0.25, -0.2) is 0 Å². The van der Waals surface area contributed by atoms with Crippen LogP contribution in [-0.4, -0.2) is 36.0 Å². The maximum Gasteiger partial charge on any atom is 0.305 e. The largest absolute Gasteiger partial charge is 0.466 e. The molecule has 0 amide bonds. The summed E-state index contributed by atoms with van der Waals surface area (Å²) in [5.41, 5.74) is 9.03. The van der Waals surface area contributed by atoms with Crippen molar-refractivity contribution in [2.45, 2.75) is 77.7 Å². The zero-order chi connectivity index (χ0) is 31.2. The zero-order valence-corrected chi connectivity index (χ0v) is 27.2. The number of carbonyl (C=O) groups excluding carboxylic acids is 1. The van der Waals surface area contributed by atoms with E-state index in [1.807, 2.05) is 6.92 Å². The first-order valence-corrected chi connectivity index (χ1v) is 16.9. The van der Waals surface area contributed by atoms with Crippen LogP contribution in [0.25, 0.3) is 16.8 Å². The molecule has 1 saturated heterocycles. The minimum atomic E-state index is -0.153. The van der Waals surface area contributed by atoms with E-state index >= 15 is 0 Å². The van der Waals surface area contributed by atoms with Crippen molar-refractivity contribution in [3.63, 3.8) is 0 Å². The van der Waals surface area contributed by atoms with Crippen LogP contribution in [0.1, 0.15) is 81.5 Å². The molecule has 2 aliphatic rings. The lowest BCUT2D eigenvalue weighted by Gasteiger charge is -2.28. The summed E-state index contributed by atoms with van der Waals surface area (Å²) in [6.45, 7) is 10.2. The average Bonchev–Trinajstić information content (AvgIpc) is 3.28. The van der Waals surface area contributed by atoms with Gasteiger partial charge < -0.3 is 9.64 Å². The Kier molecular flexibility index (Phi) is 9.49. The fourth-order valence-electron chi connectivity index (χ4n) is 7.15. The Morgan fingerprint density at radius 2 is 1.58 bits per heavy atom. The Balaban J connectivity index is 1.26. The molecule has 0 radical (unpaired) electrons. The molecule has 4 aromatic carbocycles. The van der Waals surface area contributed by atoms with Crippen LogP contribution in [0.5, 0.6) is 0 Å². The van der Waals surface area contributed by atoms with E-state index in [0.29, 0.717) is 13.0 Å². The van der Waals surface area contributed by atoms with Crippen molar-refractivity contribution < 1.29 is 14.1 Å². The number of allylic oxidation sites excluding steroid dienone is 1. The second-order valence-electron chi connectivity index (χ2n) is 13.1. The van der Waals surface area contributed by atoms with Crippen LogP contribution in [0.15, 0.2) is 91.0 Å². The van der Waals surface area contributed by atoms with E-state index in [4.69, 9.17) is 4.74 Å². The number of rotatable bonds is 11. The quantitative estimate of drug-likeness (QED) is 0.0978. The highest BCUT2D eigenvalue weighted by molar-refractivity contribution is 6.09. The number of piperidine rings is 1. The van der Waals surface area contributed by atoms with Crippen LogP contribution in [0.2, 0.25) is 0 Å². The molecule has 0 saturated carbocycles. The van der Waals surface area contributed by atoms with E-state index in [9.17, 15) is 4.79 Å². The molecule has 4 nitrogen and oxygen atoms in total. The predicted octanol–water partition coefficient (Wildman–Crippen LogP) is 9.40. The van der Waals surface area contributed by atoms with Gasteiger partial charge in [0.1, 0.15) is 0 Å². The molecule has 4 aromatic rings. The Hall–Kier alpha value is -4.18. The molecule has 0 N–H and O–H groups in total. The molecular weight excluding hydrogens is 552 g/mol. The second-order valence-corrected chi connectivity index (χ2v) is 13.1. The molecule has 0 atom stereocenters. The van der Waals surface area contributed by atoms with Gasteiger partial charge in [0.2, 0.25) is 5.69 Å². The van der Waals surface area contributed by atoms with Gasteiger partial charge in [-0.3, -0.25) is 4.79 Å². The van der Waals surface area contributed by atoms with Crippen molar-refractivity contribution in [1.29, 1.82) is 0 Å². The Morgan fingerprint density at radius 3 is 2.33 bits per heavy atom. The third kappa shape index (κ3) is 6.91. The lowest BCUT2D eigenvalue weighted by Crippen LogP contribution is -2.29. The van der Waals surface area contributed by atoms with Gasteiger partial charge in [-0.1, -0.05) is 60.7 Å². The summed E-state index contributed by atoms with van der Waals surface area (Å²) in [6.07, 6.45) is 11.9. The third-order valence-corrected chi connectivity index (χ3v) is 9.57. The standard InChI is InChI=1S/C41H47N2O2/c1-4-45-39(44)15-9-6-12-31-16-18-33(19-17-31)30-43-37-26-23-34-13-7-8-14-36(34)40(37)41(2,3)38(43)27-22-32-20-24-35(25-21-32)42-28-10-5-11-29-42/h7-8,13-14,16-27H,4-6,9-12,15,28-30H2,1-3H3/q+1. The number of aryl methyl sites for hydroxylation is 1. The number of carbonyl (C=O) groups is 1. The zero-order valence-electron chi connectivity index (χ0n) is 27.2. The van der Waals surface area contributed by atoms with E-state index in [1.54, 1.807) is 0 Å². The molecule has 0 aromatic heterocycles. The summed E-state index contributed by atoms with van der Waals surface area (Å²) in [4.78, 5) is 14.2. The number of anilines is 1. The average molecular weight is 600 g/mol. The summed E-state index contributed by atoms with van der Waals surface area (Å²) >= 11 is 0. The first-order valence-electron chi connectivity index (χ1n) is 16.9. The van der Waals surface area contributed by atoms with E-state index < -0.39 is 0 Å². The Bertz CT molecular complexity index is 1690. The van der Waals surface area contributed by atoms with E-state index in [-0.39, 0.29) is 11.4 Å². The van der Waals surface area contributed by atoms with Gasteiger partial charge in [-0.15, -0.1) is 0 Å². The number of benzene rings is 4. The van der Waals surface area contributed by atoms with Crippen LogP contribution in [0, 0.1) is 0 Å². The first-order chi connectivity index (χ1) is 21.9. The molecule has 2 aliphatic heterocycles. The number of fused-ring (bicyclic) bond motifs is 3. The molecule has 0 aliphatic carbocycles. The molecular formula is C41H47N2O2+. The fraction of sp³-hybridized carbons (Fsp3) is 0.366. The smallest absolute Gasteiger partial charge is 0.305 e. The van der Waals surface area contributed by atoms with Crippen molar-refractivity contribution in [1.82, 2.24) is 0 Å². The van der Waals surface area contributed by atoms with Gasteiger partial charge in [0.05, 0.1) is 12.0 Å². The highest BCUT2D eigenvalue weighted by atomic mass is 16.5. The van der Waals surface area contributed by atoms with Crippen molar-refractivity contribution in [3.8, 4) is 0 Å². The number of hydrogen-bond donors (Lipinski definition) is 0. The summed E-state index contributed by atoms with van der Waals surface area (Å²) in [7, 11) is 0. The number of hydrogen-bond acceptors (Lipinski definition) is 3. The van der Waals surface area contributed by atoms with E-state index in [1.165, 1.54) is 82.5 Å². The summed E-state index contributed by atoms with van der Waals surface area (Å²) in [5.74, 6) is -0.0926. The van der Waals surface area contributed by atoms with Crippen molar-refractivity contribution in [3.05, 3.63) is 113 Å². The topological polar surface area (TPSA) is 32.6 Å². The number of esters is 1. The summed E-state index contributed by atoms with van der Waals surface area (Å²) in [6, 6.07) is 31.5. The molecule has 0 bridgehead atoms. The minimum absolute atomic E-state index is 0.0926. The van der Waals surface area contributed by atoms with Crippen LogP contribution in [0.4, 0.5) is 11.4 Å². The predicted molar refractivity (Wildman–Crippen MR) is 188 cm³/mol. The van der Waals surface area contributed by atoms with Crippen LogP contribution >= 0.6 is 0 Å². The van der Waals surface area contributed by atoms with Crippen molar-refractivity contribution in [2.75, 3.05) is 24.6 Å². The maximum absolute atomic E-state index is 11.7. The third-order valence-electron chi connectivity index (χ3n) is 9.57. The molecule has 0 unspecified atom stereocenters. The second kappa shape index (κ2) is 13.9. The lowest BCUT2D eigenvalue weighted by atomic mass is 9.79. The Morgan fingerprint density at radius 1 is 0.844 bits per heavy atom. The highest BCUT2D eigenvalue weighted by Crippen LogP contribution is 2.45. The molecule has 6 rings (SSSR count). The van der Waals surface area contributed by atoms with Crippen LogP contribution in [0.3, 0.4) is 0 Å². The van der Waals surface area contributed by atoms with Gasteiger partial charge in [0.15, 0.2) is 12.3 Å². The summed E-state index contributed by atoms with van der Waals surface area (Å²) in [5, 5.41) is 2.62. The molecule has 4 heteroatoms. The van der Waals surface area contributed by atoms with E-state index in [2.05, 4.69) is 120 Å². The monoisotopic (exact) mass is 599 g/mol. The molecule has 0 spiro atoms. The first kappa shape index (κ1) is 30.8. The normalized spacial score (nSPS) is 16.0. The van der Waals surface area contributed by atoms with Gasteiger partial charge in [0, 0.05) is 48.5 Å². The number of unbranched alkanes of at least 4 members (excludes halogenated alkanes) is 1. The van der Waals surface area contributed by atoms with Crippen LogP contribution in [-0.2, 0) is 27.9 Å². The molecule has 45 heavy (non-hydrogen) atoms. The van der Waals surface area contributed by atoms with Gasteiger partial charge in [0.25, 0.3) is 0 Å². The minimum Gasteiger partial charge on any atom is -0.466 e. The summed E-state index contributed by atoms with van der Waals surface area (Å²) < 4.78 is 7.59. The van der Waals surface area contributed by atoms with Crippen molar-refractivity contribution >= 4 is 39.9 Å². The van der Waals surface area contributed by atoms with Gasteiger partial charge in [-0.05, 0) is 105 Å². The molecule has 1 fully saturated rings. The molecule has 2 heterocycles. The number of nitrogens with zero attached hydrogens (tertiary/aromatic N) is 2. The SMILES string of the molecule is CCOC(=O)CCCCc1ccc(C[N+]2=C(C=Cc3ccc(N4CCCCC4)cc3)C(C)(C)c3c2ccc2ccccc32)cc1. The van der Waals surface area contributed by atoms with E-state index in [0.717, 1.165) is 25.8 Å².